The molecule has 0 saturated carbocycles. The van der Waals surface area contributed by atoms with E-state index < -0.39 is 0 Å². The van der Waals surface area contributed by atoms with Crippen molar-refractivity contribution in [3.8, 4) is 5.88 Å². The van der Waals surface area contributed by atoms with Crippen molar-refractivity contribution in [2.75, 3.05) is 31.6 Å². The summed E-state index contributed by atoms with van der Waals surface area (Å²) in [6.07, 6.45) is 3.16. The number of nitrogens with zero attached hydrogens (tertiary/aromatic N) is 3. The molecule has 4 rings (SSSR count). The molecule has 1 saturated heterocycles. The predicted molar refractivity (Wildman–Crippen MR) is 120 cm³/mol. The lowest BCUT2D eigenvalue weighted by Gasteiger charge is -2.23. The summed E-state index contributed by atoms with van der Waals surface area (Å²) < 4.78 is 11.2. The maximum atomic E-state index is 12.9. The zero-order chi connectivity index (χ0) is 21.8. The van der Waals surface area contributed by atoms with Gasteiger partial charge in [0, 0.05) is 25.3 Å². The lowest BCUT2D eigenvalue weighted by Crippen LogP contribution is -2.48. The van der Waals surface area contributed by atoms with Crippen molar-refractivity contribution in [3.05, 3.63) is 35.1 Å². The van der Waals surface area contributed by atoms with Crippen LogP contribution in [0.5, 0.6) is 5.88 Å². The molecule has 0 spiro atoms. The van der Waals surface area contributed by atoms with Gasteiger partial charge < -0.3 is 25.4 Å². The summed E-state index contributed by atoms with van der Waals surface area (Å²) in [6, 6.07) is 3.83. The van der Waals surface area contributed by atoms with Crippen LogP contribution in [0.1, 0.15) is 29.1 Å². The van der Waals surface area contributed by atoms with Gasteiger partial charge in [0.25, 0.3) is 5.91 Å². The van der Waals surface area contributed by atoms with Crippen LogP contribution >= 0.6 is 11.3 Å². The van der Waals surface area contributed by atoms with Gasteiger partial charge in [0.1, 0.15) is 22.7 Å². The highest BCUT2D eigenvalue weighted by atomic mass is 32.1. The summed E-state index contributed by atoms with van der Waals surface area (Å²) in [5.74, 6) is 0.989. The first-order valence-electron chi connectivity index (χ1n) is 10.2. The van der Waals surface area contributed by atoms with Crippen molar-refractivity contribution in [2.45, 2.75) is 32.9 Å². The Labute approximate surface area is 184 Å². The molecule has 1 fully saturated rings. The van der Waals surface area contributed by atoms with Gasteiger partial charge >= 0.3 is 0 Å². The Kier molecular flexibility index (Phi) is 6.59. The molecule has 3 aromatic heterocycles. The number of ether oxygens (including phenoxy) is 2. The number of nitrogens with one attached hydrogen (secondary N) is 3. The van der Waals surface area contributed by atoms with E-state index in [1.165, 1.54) is 17.7 Å². The predicted octanol–water partition coefficient (Wildman–Crippen LogP) is 2.64. The maximum absolute atomic E-state index is 12.9. The number of aryl methyl sites for hydroxylation is 1. The minimum atomic E-state index is -0.121. The van der Waals surface area contributed by atoms with Gasteiger partial charge in [-0.15, -0.1) is 11.3 Å². The largest absolute Gasteiger partial charge is 0.473 e. The van der Waals surface area contributed by atoms with E-state index in [1.54, 1.807) is 6.20 Å². The third-order valence-electron chi connectivity index (χ3n) is 4.81. The van der Waals surface area contributed by atoms with E-state index >= 15 is 0 Å². The van der Waals surface area contributed by atoms with Crippen LogP contribution < -0.4 is 20.7 Å². The molecule has 1 amide bonds. The molecule has 164 valence electrons. The molecule has 1 unspecified atom stereocenters. The zero-order valence-corrected chi connectivity index (χ0v) is 18.6. The molecule has 1 atom stereocenters. The number of amides is 1. The summed E-state index contributed by atoms with van der Waals surface area (Å²) in [6.45, 7) is 8.42. The highest BCUT2D eigenvalue weighted by molar-refractivity contribution is 7.20. The molecule has 0 aromatic carbocycles. The summed E-state index contributed by atoms with van der Waals surface area (Å²) in [7, 11) is 0. The second kappa shape index (κ2) is 9.54. The second-order valence-corrected chi connectivity index (χ2v) is 8.54. The highest BCUT2D eigenvalue weighted by Gasteiger charge is 2.21. The van der Waals surface area contributed by atoms with E-state index in [0.717, 1.165) is 22.3 Å². The molecule has 0 radical (unpaired) electrons. The monoisotopic (exact) mass is 442 g/mol. The van der Waals surface area contributed by atoms with E-state index in [4.69, 9.17) is 9.47 Å². The molecule has 1 aliphatic heterocycles. The number of pyridine rings is 1. The van der Waals surface area contributed by atoms with Gasteiger partial charge in [-0.1, -0.05) is 0 Å². The number of rotatable bonds is 7. The average molecular weight is 443 g/mol. The van der Waals surface area contributed by atoms with Gasteiger partial charge in [-0.2, -0.15) is 0 Å². The number of thiophene rings is 1. The highest BCUT2D eigenvalue weighted by Crippen LogP contribution is 2.35. The summed E-state index contributed by atoms with van der Waals surface area (Å²) in [5, 5.41) is 10.5. The molecule has 9 nitrogen and oxygen atoms in total. The number of carbonyl (C=O) groups excluding carboxylic acids is 1. The summed E-state index contributed by atoms with van der Waals surface area (Å²) in [4.78, 5) is 27.3. The Morgan fingerprint density at radius 2 is 2.26 bits per heavy atom. The van der Waals surface area contributed by atoms with E-state index in [0.29, 0.717) is 42.0 Å². The number of aromatic nitrogens is 3. The van der Waals surface area contributed by atoms with Gasteiger partial charge in [-0.25, -0.2) is 15.0 Å². The number of morpholine rings is 1. The molecule has 1 aliphatic rings. The van der Waals surface area contributed by atoms with Gasteiger partial charge in [0.2, 0.25) is 5.88 Å². The van der Waals surface area contributed by atoms with E-state index in [9.17, 15) is 4.79 Å². The van der Waals surface area contributed by atoms with Crippen LogP contribution in [0.15, 0.2) is 24.7 Å². The SMILES string of the molecule is Cc1c(C(=O)NCC2COCCN2)sc2ncnc(Nc3cccnc3OC(C)C)c12. The van der Waals surface area contributed by atoms with Crippen LogP contribution in [-0.2, 0) is 4.74 Å². The van der Waals surface area contributed by atoms with Crippen molar-refractivity contribution in [2.24, 2.45) is 0 Å². The quantitative estimate of drug-likeness (QED) is 0.512. The van der Waals surface area contributed by atoms with Gasteiger partial charge in [-0.3, -0.25) is 4.79 Å². The fourth-order valence-corrected chi connectivity index (χ4v) is 4.43. The summed E-state index contributed by atoms with van der Waals surface area (Å²) >= 11 is 1.36. The Hall–Kier alpha value is -2.82. The zero-order valence-electron chi connectivity index (χ0n) is 17.8. The minimum absolute atomic E-state index is 0.0110. The Morgan fingerprint density at radius 1 is 1.39 bits per heavy atom. The standard InChI is InChI=1S/C21H26N6O3S/c1-12(2)30-20-15(5-4-6-23-20)27-18-16-13(3)17(31-21(16)26-11-25-18)19(28)24-9-14-10-29-8-7-22-14/h4-6,11-12,14,22H,7-10H2,1-3H3,(H,24,28)(H,25,26,27). The van der Waals surface area contributed by atoms with Crippen LogP contribution in [0.2, 0.25) is 0 Å². The van der Waals surface area contributed by atoms with Crippen molar-refractivity contribution in [1.82, 2.24) is 25.6 Å². The number of hydrogen-bond acceptors (Lipinski definition) is 9. The molecular formula is C21H26N6O3S. The lowest BCUT2D eigenvalue weighted by molar-refractivity contribution is 0.0735. The molecule has 3 N–H and O–H groups in total. The molecule has 10 heteroatoms. The van der Waals surface area contributed by atoms with Gasteiger partial charge in [0.15, 0.2) is 0 Å². The first-order chi connectivity index (χ1) is 15.0. The van der Waals surface area contributed by atoms with Crippen molar-refractivity contribution >= 4 is 39.0 Å². The maximum Gasteiger partial charge on any atom is 0.261 e. The fourth-order valence-electron chi connectivity index (χ4n) is 3.36. The third kappa shape index (κ3) is 4.92. The third-order valence-corrected chi connectivity index (χ3v) is 6.01. The number of carbonyl (C=O) groups is 1. The first kappa shape index (κ1) is 21.4. The molecular weight excluding hydrogens is 416 g/mol. The topological polar surface area (TPSA) is 110 Å². The Morgan fingerprint density at radius 3 is 3.03 bits per heavy atom. The Balaban J connectivity index is 1.58. The molecule has 31 heavy (non-hydrogen) atoms. The van der Waals surface area contributed by atoms with Crippen LogP contribution in [0, 0.1) is 6.92 Å². The number of hydrogen-bond donors (Lipinski definition) is 3. The molecule has 0 bridgehead atoms. The molecule has 0 aliphatic carbocycles. The first-order valence-corrected chi connectivity index (χ1v) is 11.1. The van der Waals surface area contributed by atoms with Gasteiger partial charge in [-0.05, 0) is 38.5 Å². The van der Waals surface area contributed by atoms with Crippen LogP contribution in [-0.4, -0.2) is 59.3 Å². The van der Waals surface area contributed by atoms with E-state index in [1.807, 2.05) is 32.9 Å². The smallest absolute Gasteiger partial charge is 0.261 e. The average Bonchev–Trinajstić information content (AvgIpc) is 3.11. The molecule has 3 aromatic rings. The van der Waals surface area contributed by atoms with Crippen LogP contribution in [0.3, 0.4) is 0 Å². The summed E-state index contributed by atoms with van der Waals surface area (Å²) in [5.41, 5.74) is 1.54. The van der Waals surface area contributed by atoms with Crippen molar-refractivity contribution < 1.29 is 14.3 Å². The van der Waals surface area contributed by atoms with E-state index in [2.05, 4.69) is 30.9 Å². The Bertz CT molecular complexity index is 1060. The molecule has 4 heterocycles. The number of fused-ring (bicyclic) bond motifs is 1. The minimum Gasteiger partial charge on any atom is -0.473 e. The normalized spacial score (nSPS) is 16.5. The van der Waals surface area contributed by atoms with Crippen molar-refractivity contribution in [1.29, 1.82) is 0 Å². The van der Waals surface area contributed by atoms with Crippen molar-refractivity contribution in [3.63, 3.8) is 0 Å². The fraction of sp³-hybridized carbons (Fsp3) is 0.429. The van der Waals surface area contributed by atoms with Crippen LogP contribution in [0.4, 0.5) is 11.5 Å². The van der Waals surface area contributed by atoms with Gasteiger partial charge in [0.05, 0.1) is 29.6 Å². The van der Waals surface area contributed by atoms with E-state index in [-0.39, 0.29) is 18.1 Å². The number of anilines is 2. The lowest BCUT2D eigenvalue weighted by atomic mass is 10.2. The van der Waals surface area contributed by atoms with Crippen LogP contribution in [0.25, 0.3) is 10.2 Å². The second-order valence-electron chi connectivity index (χ2n) is 7.54.